The van der Waals surface area contributed by atoms with E-state index in [1.807, 2.05) is 6.92 Å². The van der Waals surface area contributed by atoms with Crippen molar-refractivity contribution < 1.29 is 4.39 Å². The Hall–Kier alpha value is -1.40. The Kier molecular flexibility index (Phi) is 3.44. The van der Waals surface area contributed by atoms with Crippen LogP contribution in [0.3, 0.4) is 0 Å². The van der Waals surface area contributed by atoms with Crippen LogP contribution in [0.2, 0.25) is 0 Å². The van der Waals surface area contributed by atoms with E-state index in [2.05, 4.69) is 11.0 Å². The van der Waals surface area contributed by atoms with Gasteiger partial charge in [-0.05, 0) is 50.6 Å². The van der Waals surface area contributed by atoms with Crippen LogP contribution >= 0.6 is 0 Å². The van der Waals surface area contributed by atoms with E-state index in [1.165, 1.54) is 25.0 Å². The minimum Gasteiger partial charge on any atom is -0.285 e. The molecule has 17 heavy (non-hydrogen) atoms. The first-order valence-electron chi connectivity index (χ1n) is 6.05. The summed E-state index contributed by atoms with van der Waals surface area (Å²) in [6.45, 7) is 3.96. The van der Waals surface area contributed by atoms with Gasteiger partial charge in [-0.2, -0.15) is 5.26 Å². The molecule has 0 saturated carbocycles. The van der Waals surface area contributed by atoms with Crippen molar-refractivity contribution in [3.63, 3.8) is 0 Å². The Morgan fingerprint density at radius 2 is 1.88 bits per heavy atom. The lowest BCUT2D eigenvalue weighted by molar-refractivity contribution is 0.191. The zero-order valence-corrected chi connectivity index (χ0v) is 10.1. The van der Waals surface area contributed by atoms with Crippen LogP contribution in [0.4, 0.5) is 4.39 Å². The summed E-state index contributed by atoms with van der Waals surface area (Å²) in [5.41, 5.74) is 0.552. The molecule has 90 valence electrons. The third-order valence-corrected chi connectivity index (χ3v) is 3.51. The average molecular weight is 232 g/mol. The van der Waals surface area contributed by atoms with Crippen LogP contribution < -0.4 is 0 Å². The van der Waals surface area contributed by atoms with Gasteiger partial charge in [-0.3, -0.25) is 4.90 Å². The van der Waals surface area contributed by atoms with Crippen molar-refractivity contribution >= 4 is 0 Å². The third kappa shape index (κ3) is 2.65. The Bertz CT molecular complexity index is 415. The van der Waals surface area contributed by atoms with Crippen LogP contribution in [-0.4, -0.2) is 23.5 Å². The average Bonchev–Trinajstić information content (AvgIpc) is 2.86. The SMILES string of the molecule is CC(C#N)(Cc1ccc(F)cc1)N1CCCC1. The summed E-state index contributed by atoms with van der Waals surface area (Å²) in [6, 6.07) is 8.86. The number of rotatable bonds is 3. The molecule has 0 bridgehead atoms. The summed E-state index contributed by atoms with van der Waals surface area (Å²) in [5.74, 6) is -0.228. The Labute approximate surface area is 102 Å². The van der Waals surface area contributed by atoms with Gasteiger partial charge in [-0.1, -0.05) is 12.1 Å². The number of likely N-dealkylation sites (tertiary alicyclic amines) is 1. The second-order valence-corrected chi connectivity index (χ2v) is 4.88. The van der Waals surface area contributed by atoms with Crippen LogP contribution in [0, 0.1) is 17.1 Å². The highest BCUT2D eigenvalue weighted by atomic mass is 19.1. The van der Waals surface area contributed by atoms with Crippen LogP contribution in [0.25, 0.3) is 0 Å². The molecule has 0 aliphatic carbocycles. The largest absolute Gasteiger partial charge is 0.285 e. The molecule has 1 aromatic rings. The van der Waals surface area contributed by atoms with Gasteiger partial charge in [-0.25, -0.2) is 4.39 Å². The lowest BCUT2D eigenvalue weighted by Gasteiger charge is -2.32. The molecule has 3 heteroatoms. The second-order valence-electron chi connectivity index (χ2n) is 4.88. The summed E-state index contributed by atoms with van der Waals surface area (Å²) >= 11 is 0. The Morgan fingerprint density at radius 3 is 2.41 bits per heavy atom. The number of nitrogens with zero attached hydrogens (tertiary/aromatic N) is 2. The molecule has 1 heterocycles. The summed E-state index contributed by atoms with van der Waals surface area (Å²) in [5, 5.41) is 9.40. The van der Waals surface area contributed by atoms with Crippen molar-refractivity contribution in [2.45, 2.75) is 31.7 Å². The molecule has 1 fully saturated rings. The van der Waals surface area contributed by atoms with Crippen LogP contribution in [0.1, 0.15) is 25.3 Å². The van der Waals surface area contributed by atoms with Gasteiger partial charge in [0.05, 0.1) is 6.07 Å². The second kappa shape index (κ2) is 4.85. The predicted molar refractivity (Wildman–Crippen MR) is 64.9 cm³/mol. The van der Waals surface area contributed by atoms with Gasteiger partial charge in [0.1, 0.15) is 11.4 Å². The molecule has 0 radical (unpaired) electrons. The summed E-state index contributed by atoms with van der Waals surface area (Å²) in [6.07, 6.45) is 2.99. The highest BCUT2D eigenvalue weighted by Gasteiger charge is 2.33. The Morgan fingerprint density at radius 1 is 1.29 bits per heavy atom. The van der Waals surface area contributed by atoms with E-state index in [0.29, 0.717) is 6.42 Å². The number of hydrogen-bond acceptors (Lipinski definition) is 2. The quantitative estimate of drug-likeness (QED) is 0.801. The molecule has 0 N–H and O–H groups in total. The Balaban J connectivity index is 2.14. The molecule has 0 amide bonds. The van der Waals surface area contributed by atoms with Gasteiger partial charge in [-0.15, -0.1) is 0 Å². The van der Waals surface area contributed by atoms with Gasteiger partial charge in [0.15, 0.2) is 0 Å². The molecular weight excluding hydrogens is 215 g/mol. The number of benzene rings is 1. The normalized spacial score (nSPS) is 19.8. The zero-order valence-electron chi connectivity index (χ0n) is 10.1. The van der Waals surface area contributed by atoms with Crippen molar-refractivity contribution in [1.29, 1.82) is 5.26 Å². The molecule has 2 nitrogen and oxygen atoms in total. The molecule has 1 aliphatic heterocycles. The minimum atomic E-state index is -0.464. The maximum atomic E-state index is 12.8. The predicted octanol–water partition coefficient (Wildman–Crippen LogP) is 2.75. The van der Waals surface area contributed by atoms with Crippen molar-refractivity contribution in [2.24, 2.45) is 0 Å². The molecule has 0 aromatic heterocycles. The van der Waals surface area contributed by atoms with Gasteiger partial charge >= 0.3 is 0 Å². The van der Waals surface area contributed by atoms with E-state index in [-0.39, 0.29) is 5.82 Å². The van der Waals surface area contributed by atoms with Crippen LogP contribution in [-0.2, 0) is 6.42 Å². The van der Waals surface area contributed by atoms with Gasteiger partial charge < -0.3 is 0 Å². The third-order valence-electron chi connectivity index (χ3n) is 3.51. The first-order chi connectivity index (χ1) is 8.14. The van der Waals surface area contributed by atoms with Gasteiger partial charge in [0.25, 0.3) is 0 Å². The fraction of sp³-hybridized carbons (Fsp3) is 0.500. The minimum absolute atomic E-state index is 0.228. The van der Waals surface area contributed by atoms with E-state index < -0.39 is 5.54 Å². The topological polar surface area (TPSA) is 27.0 Å². The van der Waals surface area contributed by atoms with Crippen molar-refractivity contribution in [2.75, 3.05) is 13.1 Å². The first kappa shape index (κ1) is 12.1. The molecule has 1 unspecified atom stereocenters. The van der Waals surface area contributed by atoms with E-state index in [0.717, 1.165) is 18.7 Å². The van der Waals surface area contributed by atoms with Crippen LogP contribution in [0.5, 0.6) is 0 Å². The maximum absolute atomic E-state index is 12.8. The summed E-state index contributed by atoms with van der Waals surface area (Å²) < 4.78 is 12.8. The lowest BCUT2D eigenvalue weighted by Crippen LogP contribution is -2.45. The molecule has 2 rings (SSSR count). The van der Waals surface area contributed by atoms with E-state index in [9.17, 15) is 9.65 Å². The van der Waals surface area contributed by atoms with Crippen molar-refractivity contribution in [1.82, 2.24) is 4.90 Å². The lowest BCUT2D eigenvalue weighted by atomic mass is 9.92. The summed E-state index contributed by atoms with van der Waals surface area (Å²) in [7, 11) is 0. The molecule has 0 spiro atoms. The van der Waals surface area contributed by atoms with E-state index in [4.69, 9.17) is 0 Å². The fourth-order valence-corrected chi connectivity index (χ4v) is 2.43. The maximum Gasteiger partial charge on any atom is 0.123 e. The van der Waals surface area contributed by atoms with Crippen molar-refractivity contribution in [3.8, 4) is 6.07 Å². The molecule has 1 aromatic carbocycles. The van der Waals surface area contributed by atoms with E-state index in [1.54, 1.807) is 12.1 Å². The smallest absolute Gasteiger partial charge is 0.123 e. The number of halogens is 1. The standard InChI is InChI=1S/C14H17FN2/c1-14(11-16,17-8-2-3-9-17)10-12-4-6-13(15)7-5-12/h4-7H,2-3,8-10H2,1H3. The molecule has 1 atom stereocenters. The van der Waals surface area contributed by atoms with Crippen LogP contribution in [0.15, 0.2) is 24.3 Å². The monoisotopic (exact) mass is 232 g/mol. The van der Waals surface area contributed by atoms with E-state index >= 15 is 0 Å². The molecule has 1 saturated heterocycles. The summed E-state index contributed by atoms with van der Waals surface area (Å²) in [4.78, 5) is 2.23. The van der Waals surface area contributed by atoms with Crippen molar-refractivity contribution in [3.05, 3.63) is 35.6 Å². The zero-order chi connectivity index (χ0) is 12.3. The molecular formula is C14H17FN2. The number of hydrogen-bond donors (Lipinski definition) is 0. The highest BCUT2D eigenvalue weighted by molar-refractivity contribution is 5.22. The van der Waals surface area contributed by atoms with Gasteiger partial charge in [0, 0.05) is 6.42 Å². The molecule has 1 aliphatic rings. The number of nitriles is 1. The first-order valence-corrected chi connectivity index (χ1v) is 6.05. The van der Waals surface area contributed by atoms with Gasteiger partial charge in [0.2, 0.25) is 0 Å². The highest BCUT2D eigenvalue weighted by Crippen LogP contribution is 2.24. The fourth-order valence-electron chi connectivity index (χ4n) is 2.43.